The van der Waals surface area contributed by atoms with E-state index in [1.54, 1.807) is 0 Å². The van der Waals surface area contributed by atoms with Crippen molar-refractivity contribution in [2.45, 2.75) is 78.0 Å². The summed E-state index contributed by atoms with van der Waals surface area (Å²) in [5.74, 6) is 0. The third-order valence-electron chi connectivity index (χ3n) is 2.30. The molecule has 17 heavy (non-hydrogen) atoms. The normalized spacial score (nSPS) is 15.1. The molecular formula is C12H28Cl2CoP2. The summed E-state index contributed by atoms with van der Waals surface area (Å²) in [7, 11) is 12.2. The van der Waals surface area contributed by atoms with Crippen molar-refractivity contribution < 1.29 is 9.94 Å². The van der Waals surface area contributed by atoms with Crippen molar-refractivity contribution >= 4 is 33.6 Å². The van der Waals surface area contributed by atoms with Gasteiger partial charge >= 0.3 is 122 Å². The zero-order valence-corrected chi connectivity index (χ0v) is 16.6. The van der Waals surface area contributed by atoms with Crippen LogP contribution in [0.3, 0.4) is 0 Å². The van der Waals surface area contributed by atoms with Gasteiger partial charge in [-0.1, -0.05) is 0 Å². The van der Waals surface area contributed by atoms with Crippen LogP contribution in [-0.4, -0.2) is 22.6 Å². The second-order valence-electron chi connectivity index (χ2n) is 5.36. The molecule has 0 amide bonds. The van der Waals surface area contributed by atoms with Gasteiger partial charge in [0.1, 0.15) is 0 Å². The number of hydrogen-bond donors (Lipinski definition) is 0. The zero-order chi connectivity index (χ0) is 14.0. The molecule has 0 fully saturated rings. The molecule has 0 bridgehead atoms. The molecule has 0 aliphatic carbocycles. The van der Waals surface area contributed by atoms with Gasteiger partial charge in [0, 0.05) is 0 Å². The third kappa shape index (κ3) is 5.09. The van der Waals surface area contributed by atoms with Crippen LogP contribution in [0.1, 0.15) is 55.4 Å². The summed E-state index contributed by atoms with van der Waals surface area (Å²) in [6.45, 7) is 17.8. The first-order chi connectivity index (χ1) is 7.53. The molecule has 0 N–H and O–H groups in total. The van der Waals surface area contributed by atoms with E-state index in [1.165, 1.54) is 0 Å². The van der Waals surface area contributed by atoms with Gasteiger partial charge in [0.05, 0.1) is 0 Å². The molecule has 109 valence electrons. The molecule has 0 saturated heterocycles. The van der Waals surface area contributed by atoms with E-state index in [4.69, 9.17) is 20.3 Å². The SMILES string of the molecule is CC(C)[P](C(C)C)[Co]([Cl])([Cl])[P](C(C)C)C(C)C. The van der Waals surface area contributed by atoms with Crippen molar-refractivity contribution in [1.29, 1.82) is 0 Å². The monoisotopic (exact) mass is 363 g/mol. The molecule has 0 nitrogen and oxygen atoms in total. The van der Waals surface area contributed by atoms with Crippen molar-refractivity contribution in [1.82, 2.24) is 0 Å². The molecule has 0 aromatic rings. The fraction of sp³-hybridized carbons (Fsp3) is 1.00. The first-order valence-corrected chi connectivity index (χ1v) is 14.5. The topological polar surface area (TPSA) is 0 Å². The van der Waals surface area contributed by atoms with E-state index in [1.807, 2.05) is 0 Å². The van der Waals surface area contributed by atoms with Crippen molar-refractivity contribution in [3.05, 3.63) is 0 Å². The van der Waals surface area contributed by atoms with E-state index in [2.05, 4.69) is 55.4 Å². The predicted octanol–water partition coefficient (Wildman–Crippen LogP) is 6.88. The first kappa shape index (κ1) is 18.9. The fourth-order valence-electron chi connectivity index (χ4n) is 2.11. The Morgan fingerprint density at radius 2 is 0.765 bits per heavy atom. The van der Waals surface area contributed by atoms with Crippen LogP contribution in [0.5, 0.6) is 0 Å². The van der Waals surface area contributed by atoms with Crippen LogP contribution in [0.4, 0.5) is 0 Å². The summed E-state index contributed by atoms with van der Waals surface area (Å²) in [6.07, 6.45) is 0. The molecule has 5 heteroatoms. The molecular weight excluding hydrogens is 336 g/mol. The predicted molar refractivity (Wildman–Crippen MR) is 86.1 cm³/mol. The molecule has 0 saturated carbocycles. The molecule has 0 atom stereocenters. The van der Waals surface area contributed by atoms with Crippen LogP contribution in [0.2, 0.25) is 0 Å². The van der Waals surface area contributed by atoms with Gasteiger partial charge in [-0.15, -0.1) is 0 Å². The molecule has 0 radical (unpaired) electrons. The van der Waals surface area contributed by atoms with E-state index in [9.17, 15) is 0 Å². The maximum atomic E-state index is 6.98. The van der Waals surface area contributed by atoms with Crippen LogP contribution < -0.4 is 0 Å². The van der Waals surface area contributed by atoms with Gasteiger partial charge < -0.3 is 0 Å². The van der Waals surface area contributed by atoms with Gasteiger partial charge in [-0.05, 0) is 0 Å². The third-order valence-corrected chi connectivity index (χ3v) is 27.5. The Balaban J connectivity index is 5.30. The van der Waals surface area contributed by atoms with E-state index in [-0.39, 0.29) is 13.3 Å². The Morgan fingerprint density at radius 1 is 0.588 bits per heavy atom. The second kappa shape index (κ2) is 7.66. The number of halogens is 2. The van der Waals surface area contributed by atoms with Gasteiger partial charge in [-0.3, -0.25) is 0 Å². The Labute approximate surface area is 121 Å². The second-order valence-corrected chi connectivity index (χ2v) is 26.3. The quantitative estimate of drug-likeness (QED) is 0.451. The van der Waals surface area contributed by atoms with Gasteiger partial charge in [-0.25, -0.2) is 0 Å². The van der Waals surface area contributed by atoms with Crippen LogP contribution in [-0.2, 0) is 9.94 Å². The summed E-state index contributed by atoms with van der Waals surface area (Å²) in [5, 5.41) is 0. The van der Waals surface area contributed by atoms with Crippen molar-refractivity contribution in [3.8, 4) is 0 Å². The van der Waals surface area contributed by atoms with E-state index in [0.29, 0.717) is 22.6 Å². The van der Waals surface area contributed by atoms with Gasteiger partial charge in [0.25, 0.3) is 0 Å². The summed E-state index contributed by atoms with van der Waals surface area (Å²) in [5.41, 5.74) is 2.54. The van der Waals surface area contributed by atoms with Crippen LogP contribution in [0, 0.1) is 0 Å². The van der Waals surface area contributed by atoms with Crippen molar-refractivity contribution in [2.24, 2.45) is 0 Å². The van der Waals surface area contributed by atoms with Crippen LogP contribution >= 0.6 is 33.6 Å². The summed E-state index contributed by atoms with van der Waals surface area (Å²) < 4.78 is 0. The summed E-state index contributed by atoms with van der Waals surface area (Å²) >= 11 is 0. The van der Waals surface area contributed by atoms with E-state index >= 15 is 0 Å². The van der Waals surface area contributed by atoms with Crippen molar-refractivity contribution in [2.75, 3.05) is 0 Å². The Hall–Kier alpha value is 1.95. The summed E-state index contributed by atoms with van der Waals surface area (Å²) in [6, 6.07) is 0. The number of hydrogen-bond acceptors (Lipinski definition) is 0. The zero-order valence-electron chi connectivity index (χ0n) is 12.3. The molecule has 0 rings (SSSR count). The Kier molecular flexibility index (Phi) is 8.53. The molecule has 0 aromatic heterocycles. The Bertz CT molecular complexity index is 193. The molecule has 0 aromatic carbocycles. The van der Waals surface area contributed by atoms with Gasteiger partial charge in [0.2, 0.25) is 0 Å². The summed E-state index contributed by atoms with van der Waals surface area (Å²) in [4.78, 5) is 0. The van der Waals surface area contributed by atoms with Crippen LogP contribution in [0.25, 0.3) is 0 Å². The van der Waals surface area contributed by atoms with E-state index in [0.717, 1.165) is 0 Å². The molecule has 0 heterocycles. The standard InChI is InChI=1S/2C6H14P.2ClH.Co/c2*1-5(2)7-6(3)4;;;/h2*5-6H,1-4H3;2*1H;/q2*-1;;;+4/p-2. The molecule has 0 aliphatic rings. The average Bonchev–Trinajstić information content (AvgIpc) is 1.96. The fourth-order valence-corrected chi connectivity index (χ4v) is 37.6. The van der Waals surface area contributed by atoms with Gasteiger partial charge in [-0.2, -0.15) is 0 Å². The maximum absolute atomic E-state index is 6.98. The van der Waals surface area contributed by atoms with E-state index < -0.39 is 9.94 Å². The Morgan fingerprint density at radius 3 is 0.882 bits per heavy atom. The molecule has 0 spiro atoms. The molecule has 0 unspecified atom stereocenters. The van der Waals surface area contributed by atoms with Gasteiger partial charge in [0.15, 0.2) is 0 Å². The van der Waals surface area contributed by atoms with Crippen molar-refractivity contribution in [3.63, 3.8) is 0 Å². The first-order valence-electron chi connectivity index (χ1n) is 6.20. The minimum absolute atomic E-state index is 0.257. The van der Waals surface area contributed by atoms with Crippen LogP contribution in [0.15, 0.2) is 0 Å². The number of rotatable bonds is 6. The average molecular weight is 364 g/mol. The minimum atomic E-state index is -1.79. The molecule has 0 aliphatic heterocycles.